The molecule has 1 amide bonds. The summed E-state index contributed by atoms with van der Waals surface area (Å²) in [6, 6.07) is 3.81. The Kier molecular flexibility index (Phi) is 3.91. The van der Waals surface area contributed by atoms with Gasteiger partial charge < -0.3 is 5.32 Å². The maximum atomic E-state index is 10.4. The van der Waals surface area contributed by atoms with Gasteiger partial charge in [-0.25, -0.2) is 0 Å². The van der Waals surface area contributed by atoms with Crippen LogP contribution in [0.1, 0.15) is 4.88 Å². The van der Waals surface area contributed by atoms with E-state index in [1.165, 1.54) is 16.2 Å². The molecule has 0 saturated heterocycles. The Morgan fingerprint density at radius 1 is 1.67 bits per heavy atom. The first-order valence-electron chi connectivity index (χ1n) is 3.39. The van der Waals surface area contributed by atoms with Crippen LogP contribution in [0.2, 0.25) is 4.34 Å². The van der Waals surface area contributed by atoms with Gasteiger partial charge in [0.2, 0.25) is 0 Å². The second-order valence-electron chi connectivity index (χ2n) is 2.19. The molecule has 1 N–H and O–H groups in total. The van der Waals surface area contributed by atoms with E-state index in [9.17, 15) is 4.79 Å². The van der Waals surface area contributed by atoms with Gasteiger partial charge in [-0.3, -0.25) is 4.79 Å². The zero-order valence-corrected chi connectivity index (χ0v) is 8.68. The molecule has 0 aliphatic heterocycles. The number of nitrogens with one attached hydrogen (secondary N) is 1. The quantitative estimate of drug-likeness (QED) is 0.755. The summed E-state index contributed by atoms with van der Waals surface area (Å²) in [5.41, 5.74) is 0. The van der Waals surface area contributed by atoms with Crippen molar-refractivity contribution in [3.8, 4) is 0 Å². The van der Waals surface area contributed by atoms with Crippen molar-refractivity contribution < 1.29 is 4.79 Å². The van der Waals surface area contributed by atoms with Crippen LogP contribution >= 0.6 is 35.6 Å². The molecule has 0 atom stereocenters. The summed E-state index contributed by atoms with van der Waals surface area (Å²) < 4.78 is 0.780. The van der Waals surface area contributed by atoms with Crippen molar-refractivity contribution in [2.75, 3.05) is 6.54 Å². The van der Waals surface area contributed by atoms with Gasteiger partial charge >= 0.3 is 0 Å². The summed E-state index contributed by atoms with van der Waals surface area (Å²) in [4.78, 5) is 11.5. The van der Waals surface area contributed by atoms with Crippen LogP contribution < -0.4 is 5.32 Å². The Balaban J connectivity index is 2.29. The molecule has 2 nitrogen and oxygen atoms in total. The zero-order valence-electron chi connectivity index (χ0n) is 6.21. The average molecular weight is 222 g/mol. The molecule has 0 aromatic carbocycles. The molecule has 0 radical (unpaired) electrons. The van der Waals surface area contributed by atoms with Crippen molar-refractivity contribution in [1.82, 2.24) is 5.32 Å². The Labute approximate surface area is 85.3 Å². The van der Waals surface area contributed by atoms with E-state index >= 15 is 0 Å². The normalized spacial score (nSPS) is 9.83. The van der Waals surface area contributed by atoms with Crippen molar-refractivity contribution in [1.29, 1.82) is 0 Å². The third-order valence-corrected chi connectivity index (χ3v) is 2.73. The summed E-state index contributed by atoms with van der Waals surface area (Å²) in [5.74, 6) is 0. The highest BCUT2D eigenvalue weighted by Gasteiger charge is 1.97. The van der Waals surface area contributed by atoms with Gasteiger partial charge in [-0.1, -0.05) is 24.2 Å². The van der Waals surface area contributed by atoms with Gasteiger partial charge in [0.05, 0.1) is 4.34 Å². The summed E-state index contributed by atoms with van der Waals surface area (Å²) in [6.07, 6.45) is 0.809. The van der Waals surface area contributed by atoms with Crippen LogP contribution in [0, 0.1) is 0 Å². The molecule has 0 bridgehead atoms. The monoisotopic (exact) mass is 221 g/mol. The first kappa shape index (κ1) is 9.89. The fourth-order valence-corrected chi connectivity index (χ4v) is 1.98. The molecule has 66 valence electrons. The number of rotatable bonds is 3. The molecule has 1 rings (SSSR count). The molecule has 0 saturated carbocycles. The van der Waals surface area contributed by atoms with E-state index in [1.807, 2.05) is 12.1 Å². The predicted octanol–water partition coefficient (Wildman–Crippen LogP) is 2.58. The SMILES string of the molecule is O=C(S)NCCc1ccc(Cl)s1. The number of halogens is 1. The summed E-state index contributed by atoms with van der Waals surface area (Å²) >= 11 is 10.8. The molecule has 1 aromatic heterocycles. The largest absolute Gasteiger partial charge is 0.347 e. The van der Waals surface area contributed by atoms with Crippen molar-refractivity contribution >= 4 is 40.8 Å². The Morgan fingerprint density at radius 3 is 2.92 bits per heavy atom. The summed E-state index contributed by atoms with van der Waals surface area (Å²) in [6.45, 7) is 0.610. The Morgan fingerprint density at radius 2 is 2.42 bits per heavy atom. The minimum absolute atomic E-state index is 0.294. The molecule has 1 aromatic rings. The van der Waals surface area contributed by atoms with Gasteiger partial charge in [0.15, 0.2) is 0 Å². The van der Waals surface area contributed by atoms with Gasteiger partial charge in [-0.15, -0.1) is 11.3 Å². The van der Waals surface area contributed by atoms with Crippen molar-refractivity contribution in [3.05, 3.63) is 21.3 Å². The van der Waals surface area contributed by atoms with E-state index in [4.69, 9.17) is 11.6 Å². The van der Waals surface area contributed by atoms with Gasteiger partial charge in [0, 0.05) is 11.4 Å². The molecule has 0 unspecified atom stereocenters. The second-order valence-corrected chi connectivity index (χ2v) is 4.39. The van der Waals surface area contributed by atoms with E-state index in [1.54, 1.807) is 0 Å². The molecule has 0 aliphatic carbocycles. The van der Waals surface area contributed by atoms with E-state index in [0.717, 1.165) is 10.8 Å². The highest BCUT2D eigenvalue weighted by Crippen LogP contribution is 2.21. The minimum atomic E-state index is -0.294. The van der Waals surface area contributed by atoms with Gasteiger partial charge in [0.25, 0.3) is 5.24 Å². The van der Waals surface area contributed by atoms with Crippen LogP contribution in [-0.4, -0.2) is 11.8 Å². The summed E-state index contributed by atoms with van der Waals surface area (Å²) in [5, 5.41) is 2.30. The lowest BCUT2D eigenvalue weighted by atomic mass is 10.3. The number of carbonyl (C=O) groups excluding carboxylic acids is 1. The smallest absolute Gasteiger partial charge is 0.275 e. The first-order chi connectivity index (χ1) is 5.68. The van der Waals surface area contributed by atoms with Crippen LogP contribution in [0.25, 0.3) is 0 Å². The molecule has 0 spiro atoms. The van der Waals surface area contributed by atoms with Crippen molar-refractivity contribution in [2.45, 2.75) is 6.42 Å². The van der Waals surface area contributed by atoms with E-state index in [2.05, 4.69) is 17.9 Å². The molecule has 0 fully saturated rings. The number of hydrogen-bond donors (Lipinski definition) is 2. The predicted molar refractivity (Wildman–Crippen MR) is 55.4 cm³/mol. The maximum absolute atomic E-state index is 10.4. The highest BCUT2D eigenvalue weighted by atomic mass is 35.5. The van der Waals surface area contributed by atoms with E-state index < -0.39 is 0 Å². The molecular weight excluding hydrogens is 214 g/mol. The standard InChI is InChI=1S/C7H8ClNOS2/c8-6-2-1-5(12-6)3-4-9-7(10)11/h1-2H,3-4H2,(H2,9,10,11). The van der Waals surface area contributed by atoms with Crippen LogP contribution in [0.4, 0.5) is 4.79 Å². The van der Waals surface area contributed by atoms with E-state index in [-0.39, 0.29) is 5.24 Å². The van der Waals surface area contributed by atoms with Crippen molar-refractivity contribution in [2.24, 2.45) is 0 Å². The number of thiol groups is 1. The topological polar surface area (TPSA) is 29.1 Å². The lowest BCUT2D eigenvalue weighted by Crippen LogP contribution is -2.18. The first-order valence-corrected chi connectivity index (χ1v) is 5.03. The third-order valence-electron chi connectivity index (χ3n) is 1.28. The zero-order chi connectivity index (χ0) is 8.97. The lowest BCUT2D eigenvalue weighted by molar-refractivity contribution is 0.261. The Bertz CT molecular complexity index is 274. The Hall–Kier alpha value is -0.190. The second kappa shape index (κ2) is 4.74. The van der Waals surface area contributed by atoms with Crippen LogP contribution in [0.15, 0.2) is 12.1 Å². The lowest BCUT2D eigenvalue weighted by Gasteiger charge is -1.97. The van der Waals surface area contributed by atoms with Gasteiger partial charge in [-0.2, -0.15) is 0 Å². The van der Waals surface area contributed by atoms with Crippen LogP contribution in [-0.2, 0) is 6.42 Å². The van der Waals surface area contributed by atoms with Gasteiger partial charge in [-0.05, 0) is 18.6 Å². The van der Waals surface area contributed by atoms with Gasteiger partial charge in [0.1, 0.15) is 0 Å². The average Bonchev–Trinajstić information content (AvgIpc) is 2.35. The molecule has 12 heavy (non-hydrogen) atoms. The number of hydrogen-bond acceptors (Lipinski definition) is 2. The fraction of sp³-hybridized carbons (Fsp3) is 0.286. The number of thiophene rings is 1. The third kappa shape index (κ3) is 3.47. The highest BCUT2D eigenvalue weighted by molar-refractivity contribution is 7.96. The number of carbonyl (C=O) groups is 1. The maximum Gasteiger partial charge on any atom is 0.275 e. The van der Waals surface area contributed by atoms with E-state index in [0.29, 0.717) is 6.54 Å². The molecule has 1 heterocycles. The number of amides is 1. The molecule has 0 aliphatic rings. The molecular formula is C7H8ClNOS2. The molecule has 5 heteroatoms. The fourth-order valence-electron chi connectivity index (χ4n) is 0.779. The van der Waals surface area contributed by atoms with Crippen molar-refractivity contribution in [3.63, 3.8) is 0 Å². The minimum Gasteiger partial charge on any atom is -0.347 e. The van der Waals surface area contributed by atoms with Crippen LogP contribution in [0.3, 0.4) is 0 Å². The van der Waals surface area contributed by atoms with Crippen LogP contribution in [0.5, 0.6) is 0 Å². The summed E-state index contributed by atoms with van der Waals surface area (Å²) in [7, 11) is 0.